The normalized spacial score (nSPS) is 13.1. The summed E-state index contributed by atoms with van der Waals surface area (Å²) in [7, 11) is 0. The molecule has 1 nitrogen and oxygen atoms in total. The number of aliphatic hydroxyl groups excluding tert-OH is 1. The van der Waals surface area contributed by atoms with Crippen LogP contribution in [0.5, 0.6) is 0 Å². The number of hydrogen-bond donors (Lipinski definition) is 1. The van der Waals surface area contributed by atoms with Gasteiger partial charge in [0.2, 0.25) is 0 Å². The lowest BCUT2D eigenvalue weighted by Gasteiger charge is -2.06. The third-order valence-electron chi connectivity index (χ3n) is 2.86. The summed E-state index contributed by atoms with van der Waals surface area (Å²) in [5, 5.41) is 9.33. The number of unbranched alkanes of at least 4 members (excludes halogenated alkanes) is 7. The van der Waals surface area contributed by atoms with E-state index in [1.807, 2.05) is 0 Å². The maximum absolute atomic E-state index is 9.33. The minimum Gasteiger partial charge on any atom is -0.393 e. The van der Waals surface area contributed by atoms with Crippen LogP contribution in [0.4, 0.5) is 0 Å². The van der Waals surface area contributed by atoms with Gasteiger partial charge in [-0.25, -0.2) is 0 Å². The van der Waals surface area contributed by atoms with Gasteiger partial charge >= 0.3 is 0 Å². The molecular formula is C13H28O. The molecule has 1 N–H and O–H groups in total. The molecule has 0 spiro atoms. The van der Waals surface area contributed by atoms with Gasteiger partial charge < -0.3 is 5.11 Å². The van der Waals surface area contributed by atoms with E-state index in [0.717, 1.165) is 12.8 Å². The van der Waals surface area contributed by atoms with Crippen molar-refractivity contribution < 1.29 is 5.11 Å². The molecule has 0 bridgehead atoms. The first kappa shape index (κ1) is 14.0. The lowest BCUT2D eigenvalue weighted by atomic mass is 10.0. The summed E-state index contributed by atoms with van der Waals surface area (Å²) in [6.45, 7) is 4.31. The fourth-order valence-electron chi connectivity index (χ4n) is 1.72. The van der Waals surface area contributed by atoms with Gasteiger partial charge in [0.05, 0.1) is 6.10 Å². The highest BCUT2D eigenvalue weighted by atomic mass is 16.3. The van der Waals surface area contributed by atoms with Crippen molar-refractivity contribution in [2.75, 3.05) is 0 Å². The van der Waals surface area contributed by atoms with Crippen molar-refractivity contribution in [1.82, 2.24) is 0 Å². The summed E-state index contributed by atoms with van der Waals surface area (Å²) in [5.41, 5.74) is 0. The highest BCUT2D eigenvalue weighted by Crippen LogP contribution is 2.11. The third-order valence-corrected chi connectivity index (χ3v) is 2.86. The Morgan fingerprint density at radius 3 is 1.79 bits per heavy atom. The molecule has 0 aliphatic carbocycles. The van der Waals surface area contributed by atoms with Gasteiger partial charge in [0.25, 0.3) is 0 Å². The van der Waals surface area contributed by atoms with E-state index < -0.39 is 0 Å². The Morgan fingerprint density at radius 1 is 0.786 bits per heavy atom. The molecule has 0 amide bonds. The quantitative estimate of drug-likeness (QED) is 0.522. The van der Waals surface area contributed by atoms with E-state index in [9.17, 15) is 5.11 Å². The minimum atomic E-state index is -0.0462. The maximum atomic E-state index is 9.33. The summed E-state index contributed by atoms with van der Waals surface area (Å²) < 4.78 is 0. The van der Waals surface area contributed by atoms with Crippen LogP contribution in [-0.4, -0.2) is 11.2 Å². The van der Waals surface area contributed by atoms with Gasteiger partial charge in [-0.2, -0.15) is 0 Å². The summed E-state index contributed by atoms with van der Waals surface area (Å²) in [6.07, 6.45) is 12.7. The molecular weight excluding hydrogens is 172 g/mol. The molecule has 0 aliphatic rings. The fraction of sp³-hybridized carbons (Fsp3) is 1.00. The van der Waals surface area contributed by atoms with Crippen LogP contribution in [0, 0.1) is 0 Å². The molecule has 0 aromatic rings. The van der Waals surface area contributed by atoms with E-state index >= 15 is 0 Å². The van der Waals surface area contributed by atoms with Crippen molar-refractivity contribution in [3.63, 3.8) is 0 Å². The second kappa shape index (κ2) is 11.0. The Balaban J connectivity index is 2.92. The van der Waals surface area contributed by atoms with Crippen LogP contribution in [0.25, 0.3) is 0 Å². The molecule has 0 saturated heterocycles. The van der Waals surface area contributed by atoms with E-state index in [1.54, 1.807) is 0 Å². The molecule has 0 heterocycles. The third kappa shape index (κ3) is 10.0. The molecule has 14 heavy (non-hydrogen) atoms. The van der Waals surface area contributed by atoms with Gasteiger partial charge in [0.15, 0.2) is 0 Å². The lowest BCUT2D eigenvalue weighted by molar-refractivity contribution is 0.156. The van der Waals surface area contributed by atoms with Gasteiger partial charge in [-0.15, -0.1) is 0 Å². The van der Waals surface area contributed by atoms with Crippen molar-refractivity contribution in [3.8, 4) is 0 Å². The number of rotatable bonds is 10. The van der Waals surface area contributed by atoms with Crippen LogP contribution in [0.3, 0.4) is 0 Å². The second-order valence-electron chi connectivity index (χ2n) is 4.33. The Bertz CT molecular complexity index is 101. The van der Waals surface area contributed by atoms with Crippen LogP contribution in [-0.2, 0) is 0 Å². The van der Waals surface area contributed by atoms with Crippen molar-refractivity contribution in [3.05, 3.63) is 0 Å². The Kier molecular flexibility index (Phi) is 11.0. The van der Waals surface area contributed by atoms with Gasteiger partial charge in [-0.05, 0) is 12.8 Å². The first-order chi connectivity index (χ1) is 6.81. The SMILES string of the molecule is CCCCCCCCCC[C@@H](O)CC. The fourth-order valence-corrected chi connectivity index (χ4v) is 1.72. The largest absolute Gasteiger partial charge is 0.393 e. The number of aliphatic hydroxyl groups is 1. The van der Waals surface area contributed by atoms with Crippen molar-refractivity contribution in [2.24, 2.45) is 0 Å². The molecule has 0 unspecified atom stereocenters. The molecule has 0 fully saturated rings. The van der Waals surface area contributed by atoms with Crippen LogP contribution in [0.2, 0.25) is 0 Å². The van der Waals surface area contributed by atoms with Crippen LogP contribution in [0.1, 0.15) is 78.1 Å². The van der Waals surface area contributed by atoms with Crippen LogP contribution in [0.15, 0.2) is 0 Å². The van der Waals surface area contributed by atoms with Crippen LogP contribution >= 0.6 is 0 Å². The molecule has 0 radical (unpaired) electrons. The summed E-state index contributed by atoms with van der Waals surface area (Å²) >= 11 is 0. The molecule has 0 aliphatic heterocycles. The predicted octanol–water partition coefficient (Wildman–Crippen LogP) is 4.29. The highest BCUT2D eigenvalue weighted by molar-refractivity contribution is 4.53. The minimum absolute atomic E-state index is 0.0462. The molecule has 0 saturated carbocycles. The summed E-state index contributed by atoms with van der Waals surface area (Å²) in [6, 6.07) is 0. The molecule has 0 aromatic carbocycles. The second-order valence-corrected chi connectivity index (χ2v) is 4.33. The topological polar surface area (TPSA) is 20.2 Å². The zero-order valence-electron chi connectivity index (χ0n) is 10.1. The van der Waals surface area contributed by atoms with E-state index in [4.69, 9.17) is 0 Å². The first-order valence-corrected chi connectivity index (χ1v) is 6.49. The summed E-state index contributed by atoms with van der Waals surface area (Å²) in [4.78, 5) is 0. The van der Waals surface area contributed by atoms with E-state index in [0.29, 0.717) is 0 Å². The first-order valence-electron chi connectivity index (χ1n) is 6.49. The van der Waals surface area contributed by atoms with E-state index in [2.05, 4.69) is 13.8 Å². The molecule has 1 heteroatoms. The van der Waals surface area contributed by atoms with Gasteiger partial charge in [-0.3, -0.25) is 0 Å². The maximum Gasteiger partial charge on any atom is 0.0537 e. The van der Waals surface area contributed by atoms with Crippen molar-refractivity contribution >= 4 is 0 Å². The average molecular weight is 200 g/mol. The zero-order chi connectivity index (χ0) is 10.6. The predicted molar refractivity (Wildman–Crippen MR) is 63.5 cm³/mol. The van der Waals surface area contributed by atoms with Gasteiger partial charge in [0, 0.05) is 0 Å². The number of hydrogen-bond acceptors (Lipinski definition) is 1. The van der Waals surface area contributed by atoms with Gasteiger partial charge in [0.1, 0.15) is 0 Å². The molecule has 86 valence electrons. The molecule has 1 atom stereocenters. The molecule has 0 rings (SSSR count). The van der Waals surface area contributed by atoms with Crippen molar-refractivity contribution in [2.45, 2.75) is 84.2 Å². The van der Waals surface area contributed by atoms with E-state index in [-0.39, 0.29) is 6.10 Å². The molecule has 0 aromatic heterocycles. The van der Waals surface area contributed by atoms with Crippen LogP contribution < -0.4 is 0 Å². The average Bonchev–Trinajstić information content (AvgIpc) is 2.21. The van der Waals surface area contributed by atoms with E-state index in [1.165, 1.54) is 51.4 Å². The highest BCUT2D eigenvalue weighted by Gasteiger charge is 1.99. The zero-order valence-corrected chi connectivity index (χ0v) is 10.1. The Hall–Kier alpha value is -0.0400. The van der Waals surface area contributed by atoms with Gasteiger partial charge in [-0.1, -0.05) is 65.2 Å². The smallest absolute Gasteiger partial charge is 0.0537 e. The van der Waals surface area contributed by atoms with Crippen molar-refractivity contribution in [1.29, 1.82) is 0 Å². The monoisotopic (exact) mass is 200 g/mol. The summed E-state index contributed by atoms with van der Waals surface area (Å²) in [5.74, 6) is 0. The standard InChI is InChI=1S/C13H28O/c1-3-5-6-7-8-9-10-11-12-13(14)4-2/h13-14H,3-12H2,1-2H3/t13-/m0/s1. The Labute approximate surface area is 89.9 Å². The lowest BCUT2D eigenvalue weighted by Crippen LogP contribution is -2.03. The Morgan fingerprint density at radius 2 is 1.29 bits per heavy atom.